The highest BCUT2D eigenvalue weighted by Crippen LogP contribution is 2.39. The Morgan fingerprint density at radius 2 is 1.95 bits per heavy atom. The lowest BCUT2D eigenvalue weighted by Crippen LogP contribution is -2.24. The van der Waals surface area contributed by atoms with E-state index in [9.17, 15) is 0 Å². The van der Waals surface area contributed by atoms with Gasteiger partial charge in [0, 0.05) is 12.2 Å². The fraction of sp³-hybridized carbons (Fsp3) is 0.625. The van der Waals surface area contributed by atoms with Crippen molar-refractivity contribution in [2.45, 2.75) is 51.5 Å². The summed E-state index contributed by atoms with van der Waals surface area (Å²) >= 11 is 6.37. The molecule has 3 nitrogen and oxygen atoms in total. The summed E-state index contributed by atoms with van der Waals surface area (Å²) in [5.74, 6) is 2.52. The zero-order valence-corrected chi connectivity index (χ0v) is 13.1. The molecule has 1 aliphatic carbocycles. The van der Waals surface area contributed by atoms with Crippen molar-refractivity contribution in [3.63, 3.8) is 0 Å². The number of hydrogen-bond donors (Lipinski definition) is 0. The standard InChI is InChI=1S/C16H22ClN3/c1-10-6-11(2)8-13(7-10)20-15-4-5-18-9-14(15)19-16(20)12(3)17/h4-5,9-13H,6-8H2,1-3H3. The third kappa shape index (κ3) is 2.44. The fourth-order valence-electron chi connectivity index (χ4n) is 3.75. The zero-order valence-electron chi connectivity index (χ0n) is 12.4. The van der Waals surface area contributed by atoms with Crippen molar-refractivity contribution in [1.82, 2.24) is 14.5 Å². The lowest BCUT2D eigenvalue weighted by molar-refractivity contribution is 0.221. The van der Waals surface area contributed by atoms with Gasteiger partial charge in [0.15, 0.2) is 0 Å². The number of aromatic nitrogens is 3. The van der Waals surface area contributed by atoms with Crippen LogP contribution >= 0.6 is 11.6 Å². The highest BCUT2D eigenvalue weighted by molar-refractivity contribution is 6.20. The molecule has 2 aromatic heterocycles. The number of fused-ring (bicyclic) bond motifs is 1. The molecule has 2 aromatic rings. The van der Waals surface area contributed by atoms with Crippen LogP contribution in [0.2, 0.25) is 0 Å². The van der Waals surface area contributed by atoms with Gasteiger partial charge in [0.05, 0.1) is 17.1 Å². The van der Waals surface area contributed by atoms with Gasteiger partial charge < -0.3 is 4.57 Å². The van der Waals surface area contributed by atoms with Crippen molar-refractivity contribution < 1.29 is 0 Å². The molecule has 0 spiro atoms. The molecule has 0 aromatic carbocycles. The molecule has 108 valence electrons. The minimum absolute atomic E-state index is 0.0741. The zero-order chi connectivity index (χ0) is 14.3. The van der Waals surface area contributed by atoms with Crippen molar-refractivity contribution in [2.75, 3.05) is 0 Å². The fourth-order valence-corrected chi connectivity index (χ4v) is 3.90. The second kappa shape index (κ2) is 5.36. The van der Waals surface area contributed by atoms with Crippen molar-refractivity contribution in [3.8, 4) is 0 Å². The number of hydrogen-bond acceptors (Lipinski definition) is 2. The molecule has 0 saturated heterocycles. The summed E-state index contributed by atoms with van der Waals surface area (Å²) in [4.78, 5) is 8.89. The first-order chi connectivity index (χ1) is 9.56. The molecule has 3 unspecified atom stereocenters. The maximum absolute atomic E-state index is 6.37. The third-order valence-corrected chi connectivity index (χ3v) is 4.59. The molecule has 0 amide bonds. The molecule has 0 radical (unpaired) electrons. The molecular formula is C16H22ClN3. The monoisotopic (exact) mass is 291 g/mol. The van der Waals surface area contributed by atoms with E-state index in [1.54, 1.807) is 0 Å². The molecule has 20 heavy (non-hydrogen) atoms. The van der Waals surface area contributed by atoms with E-state index in [0.29, 0.717) is 6.04 Å². The van der Waals surface area contributed by atoms with Crippen LogP contribution in [0.3, 0.4) is 0 Å². The van der Waals surface area contributed by atoms with E-state index in [-0.39, 0.29) is 5.38 Å². The van der Waals surface area contributed by atoms with Gasteiger partial charge in [-0.3, -0.25) is 4.98 Å². The Balaban J connectivity index is 2.11. The van der Waals surface area contributed by atoms with Crippen LogP contribution in [0, 0.1) is 11.8 Å². The van der Waals surface area contributed by atoms with Crippen LogP contribution in [0.25, 0.3) is 11.0 Å². The number of pyridine rings is 1. The molecule has 0 N–H and O–H groups in total. The van der Waals surface area contributed by atoms with E-state index >= 15 is 0 Å². The molecule has 0 bridgehead atoms. The number of imidazole rings is 1. The Bertz CT molecular complexity index is 595. The van der Waals surface area contributed by atoms with E-state index < -0.39 is 0 Å². The third-order valence-electron chi connectivity index (χ3n) is 4.39. The average Bonchev–Trinajstić information content (AvgIpc) is 2.77. The summed E-state index contributed by atoms with van der Waals surface area (Å²) in [6, 6.07) is 2.58. The highest BCUT2D eigenvalue weighted by atomic mass is 35.5. The van der Waals surface area contributed by atoms with Crippen LogP contribution < -0.4 is 0 Å². The first kappa shape index (κ1) is 13.9. The maximum Gasteiger partial charge on any atom is 0.128 e. The summed E-state index contributed by atoms with van der Waals surface area (Å²) in [5.41, 5.74) is 2.13. The lowest BCUT2D eigenvalue weighted by atomic mass is 9.80. The Labute approximate surface area is 125 Å². The summed E-state index contributed by atoms with van der Waals surface area (Å²) in [5, 5.41) is -0.0741. The van der Waals surface area contributed by atoms with Crippen LogP contribution in [0.15, 0.2) is 18.5 Å². The molecule has 0 aliphatic heterocycles. The van der Waals surface area contributed by atoms with Crippen LogP contribution in [0.1, 0.15) is 57.3 Å². The predicted octanol–water partition coefficient (Wildman–Crippen LogP) is 4.73. The summed E-state index contributed by atoms with van der Waals surface area (Å²) in [7, 11) is 0. The van der Waals surface area contributed by atoms with Crippen molar-refractivity contribution in [3.05, 3.63) is 24.3 Å². The van der Waals surface area contributed by atoms with Crippen LogP contribution in [-0.2, 0) is 0 Å². The first-order valence-electron chi connectivity index (χ1n) is 7.52. The molecule has 4 heteroatoms. The Hall–Kier alpha value is -1.09. The average molecular weight is 292 g/mol. The van der Waals surface area contributed by atoms with E-state index in [4.69, 9.17) is 16.6 Å². The van der Waals surface area contributed by atoms with Crippen molar-refractivity contribution in [2.24, 2.45) is 11.8 Å². The molecule has 3 rings (SSSR count). The summed E-state index contributed by atoms with van der Waals surface area (Å²) < 4.78 is 2.38. The van der Waals surface area contributed by atoms with Crippen LogP contribution in [-0.4, -0.2) is 14.5 Å². The Morgan fingerprint density at radius 1 is 1.25 bits per heavy atom. The van der Waals surface area contributed by atoms with Crippen molar-refractivity contribution in [1.29, 1.82) is 0 Å². The predicted molar refractivity (Wildman–Crippen MR) is 83.0 cm³/mol. The SMILES string of the molecule is CC1CC(C)CC(n2c(C(C)Cl)nc3cnccc32)C1. The first-order valence-corrected chi connectivity index (χ1v) is 7.95. The second-order valence-electron chi connectivity index (χ2n) is 6.39. The van der Waals surface area contributed by atoms with Gasteiger partial charge in [0.25, 0.3) is 0 Å². The molecule has 2 heterocycles. The maximum atomic E-state index is 6.37. The lowest BCUT2D eigenvalue weighted by Gasteiger charge is -2.33. The Kier molecular flexibility index (Phi) is 3.72. The minimum atomic E-state index is -0.0741. The normalized spacial score (nSPS) is 28.7. The quantitative estimate of drug-likeness (QED) is 0.749. The van der Waals surface area contributed by atoms with Gasteiger partial charge in [0.1, 0.15) is 11.3 Å². The van der Waals surface area contributed by atoms with Gasteiger partial charge in [0.2, 0.25) is 0 Å². The molecular weight excluding hydrogens is 270 g/mol. The number of rotatable bonds is 2. The molecule has 1 aliphatic rings. The Morgan fingerprint density at radius 3 is 2.60 bits per heavy atom. The second-order valence-corrected chi connectivity index (χ2v) is 7.05. The van der Waals surface area contributed by atoms with Crippen LogP contribution in [0.5, 0.6) is 0 Å². The smallest absolute Gasteiger partial charge is 0.128 e. The van der Waals surface area contributed by atoms with E-state index in [0.717, 1.165) is 23.2 Å². The number of halogens is 1. The van der Waals surface area contributed by atoms with E-state index in [1.165, 1.54) is 24.8 Å². The van der Waals surface area contributed by atoms with Gasteiger partial charge in [-0.25, -0.2) is 4.98 Å². The molecule has 3 atom stereocenters. The summed E-state index contributed by atoms with van der Waals surface area (Å²) in [6.07, 6.45) is 7.45. The van der Waals surface area contributed by atoms with Gasteiger partial charge in [-0.05, 0) is 44.1 Å². The number of alkyl halides is 1. The van der Waals surface area contributed by atoms with Gasteiger partial charge in [-0.15, -0.1) is 11.6 Å². The highest BCUT2D eigenvalue weighted by Gasteiger charge is 2.29. The number of nitrogens with zero attached hydrogens (tertiary/aromatic N) is 3. The molecule has 1 saturated carbocycles. The van der Waals surface area contributed by atoms with E-state index in [2.05, 4.69) is 29.5 Å². The van der Waals surface area contributed by atoms with Crippen LogP contribution in [0.4, 0.5) is 0 Å². The van der Waals surface area contributed by atoms with E-state index in [1.807, 2.05) is 19.3 Å². The van der Waals surface area contributed by atoms with Gasteiger partial charge in [-0.2, -0.15) is 0 Å². The van der Waals surface area contributed by atoms with Crippen molar-refractivity contribution >= 4 is 22.6 Å². The minimum Gasteiger partial charge on any atom is -0.324 e. The van der Waals surface area contributed by atoms with Gasteiger partial charge in [-0.1, -0.05) is 13.8 Å². The topological polar surface area (TPSA) is 30.7 Å². The van der Waals surface area contributed by atoms with Gasteiger partial charge >= 0.3 is 0 Å². The largest absolute Gasteiger partial charge is 0.324 e. The molecule has 1 fully saturated rings. The summed E-state index contributed by atoms with van der Waals surface area (Å²) in [6.45, 7) is 6.71.